The Morgan fingerprint density at radius 3 is 1.94 bits per heavy atom. The van der Waals surface area contributed by atoms with E-state index in [0.717, 1.165) is 0 Å². The molecule has 0 heterocycles. The van der Waals surface area contributed by atoms with Crippen LogP contribution in [0.15, 0.2) is 24.3 Å². The highest BCUT2D eigenvalue weighted by Crippen LogP contribution is 2.36. The average molecular weight is 220 g/mol. The first-order valence-electron chi connectivity index (χ1n) is 6.08. The van der Waals surface area contributed by atoms with Gasteiger partial charge in [0.15, 0.2) is 0 Å². The van der Waals surface area contributed by atoms with Crippen LogP contribution in [-0.2, 0) is 0 Å². The van der Waals surface area contributed by atoms with Crippen molar-refractivity contribution in [2.45, 2.75) is 47.0 Å². The van der Waals surface area contributed by atoms with Crippen LogP contribution in [0.5, 0.6) is 5.75 Å². The summed E-state index contributed by atoms with van der Waals surface area (Å²) in [6, 6.07) is 7.66. The molecule has 0 aliphatic heterocycles. The summed E-state index contributed by atoms with van der Waals surface area (Å²) >= 11 is 0. The molecule has 90 valence electrons. The number of rotatable bonds is 3. The monoisotopic (exact) mass is 220 g/mol. The second kappa shape index (κ2) is 4.90. The van der Waals surface area contributed by atoms with E-state index >= 15 is 0 Å². The van der Waals surface area contributed by atoms with Gasteiger partial charge in [0, 0.05) is 0 Å². The fourth-order valence-corrected chi connectivity index (χ4v) is 2.12. The maximum Gasteiger partial charge on any atom is 0.115 e. The Labute approximate surface area is 99.5 Å². The van der Waals surface area contributed by atoms with E-state index in [4.69, 9.17) is 0 Å². The molecular formula is C15H24O. The molecule has 0 spiro atoms. The predicted molar refractivity (Wildman–Crippen MR) is 69.8 cm³/mol. The fourth-order valence-electron chi connectivity index (χ4n) is 2.12. The summed E-state index contributed by atoms with van der Waals surface area (Å²) in [5.41, 5.74) is 1.68. The normalized spacial score (nSPS) is 14.1. The van der Waals surface area contributed by atoms with E-state index in [9.17, 15) is 5.11 Å². The highest BCUT2D eigenvalue weighted by Gasteiger charge is 2.22. The van der Waals surface area contributed by atoms with Crippen LogP contribution in [0.2, 0.25) is 0 Å². The van der Waals surface area contributed by atoms with Gasteiger partial charge in [-0.2, -0.15) is 0 Å². The largest absolute Gasteiger partial charge is 0.508 e. The summed E-state index contributed by atoms with van der Waals surface area (Å²) < 4.78 is 0. The summed E-state index contributed by atoms with van der Waals surface area (Å²) in [7, 11) is 0. The maximum absolute atomic E-state index is 9.31. The van der Waals surface area contributed by atoms with Crippen molar-refractivity contribution in [1.82, 2.24) is 0 Å². The number of aromatic hydroxyl groups is 1. The van der Waals surface area contributed by atoms with Crippen LogP contribution in [0.1, 0.15) is 52.5 Å². The van der Waals surface area contributed by atoms with Crippen molar-refractivity contribution in [2.24, 2.45) is 11.3 Å². The van der Waals surface area contributed by atoms with E-state index in [1.54, 1.807) is 12.1 Å². The van der Waals surface area contributed by atoms with Crippen LogP contribution < -0.4 is 0 Å². The highest BCUT2D eigenvalue weighted by molar-refractivity contribution is 5.28. The number of benzene rings is 1. The molecule has 0 saturated carbocycles. The van der Waals surface area contributed by atoms with Crippen LogP contribution in [0, 0.1) is 11.3 Å². The molecule has 1 N–H and O–H groups in total. The summed E-state index contributed by atoms with van der Waals surface area (Å²) in [6.07, 6.45) is 1.18. The summed E-state index contributed by atoms with van der Waals surface area (Å²) in [5, 5.41) is 9.31. The third-order valence-corrected chi connectivity index (χ3v) is 2.96. The fraction of sp³-hybridized carbons (Fsp3) is 0.600. The van der Waals surface area contributed by atoms with Crippen molar-refractivity contribution in [3.05, 3.63) is 29.8 Å². The smallest absolute Gasteiger partial charge is 0.115 e. The molecule has 0 fully saturated rings. The molecule has 1 rings (SSSR count). The minimum absolute atomic E-state index is 0.340. The first-order valence-corrected chi connectivity index (χ1v) is 6.08. The molecule has 1 unspecified atom stereocenters. The van der Waals surface area contributed by atoms with E-state index in [-0.39, 0.29) is 0 Å². The molecule has 0 amide bonds. The van der Waals surface area contributed by atoms with Gasteiger partial charge < -0.3 is 5.11 Å². The summed E-state index contributed by atoms with van der Waals surface area (Å²) in [4.78, 5) is 0. The van der Waals surface area contributed by atoms with Gasteiger partial charge in [-0.25, -0.2) is 0 Å². The molecule has 0 saturated heterocycles. The average Bonchev–Trinajstić information content (AvgIpc) is 2.14. The zero-order chi connectivity index (χ0) is 12.3. The molecule has 1 aromatic carbocycles. The van der Waals surface area contributed by atoms with Crippen LogP contribution in [0.3, 0.4) is 0 Å². The Hall–Kier alpha value is -0.980. The van der Waals surface area contributed by atoms with E-state index < -0.39 is 0 Å². The number of hydrogen-bond donors (Lipinski definition) is 1. The molecule has 0 aliphatic carbocycles. The SMILES string of the molecule is CC(C)C(CC(C)(C)C)c1ccc(O)cc1. The topological polar surface area (TPSA) is 20.2 Å². The lowest BCUT2D eigenvalue weighted by Crippen LogP contribution is -2.16. The third kappa shape index (κ3) is 3.88. The van der Waals surface area contributed by atoms with Crippen LogP contribution in [0.25, 0.3) is 0 Å². The van der Waals surface area contributed by atoms with E-state index in [0.29, 0.717) is 23.0 Å². The number of phenols is 1. The standard InChI is InChI=1S/C15H24O/c1-11(2)14(10-15(3,4)5)12-6-8-13(16)9-7-12/h6-9,11,14,16H,10H2,1-5H3. The van der Waals surface area contributed by atoms with Gasteiger partial charge >= 0.3 is 0 Å². The zero-order valence-corrected chi connectivity index (χ0v) is 11.1. The Morgan fingerprint density at radius 2 is 1.56 bits per heavy atom. The van der Waals surface area contributed by atoms with Gasteiger partial charge in [0.05, 0.1) is 0 Å². The van der Waals surface area contributed by atoms with Crippen molar-refractivity contribution in [3.8, 4) is 5.75 Å². The van der Waals surface area contributed by atoms with Gasteiger partial charge in [-0.3, -0.25) is 0 Å². The Kier molecular flexibility index (Phi) is 4.01. The van der Waals surface area contributed by atoms with E-state index in [1.807, 2.05) is 12.1 Å². The number of hydrogen-bond acceptors (Lipinski definition) is 1. The van der Waals surface area contributed by atoms with E-state index in [1.165, 1.54) is 12.0 Å². The number of phenolic OH excluding ortho intramolecular Hbond substituents is 1. The van der Waals surface area contributed by atoms with Crippen molar-refractivity contribution < 1.29 is 5.11 Å². The highest BCUT2D eigenvalue weighted by atomic mass is 16.3. The van der Waals surface area contributed by atoms with Gasteiger partial charge in [-0.05, 0) is 41.4 Å². The molecule has 0 aromatic heterocycles. The Morgan fingerprint density at radius 1 is 1.06 bits per heavy atom. The minimum Gasteiger partial charge on any atom is -0.508 e. The molecule has 0 aliphatic rings. The third-order valence-electron chi connectivity index (χ3n) is 2.96. The molecule has 1 heteroatoms. The van der Waals surface area contributed by atoms with Crippen molar-refractivity contribution in [1.29, 1.82) is 0 Å². The molecule has 1 atom stereocenters. The lowest BCUT2D eigenvalue weighted by Gasteiger charge is -2.29. The quantitative estimate of drug-likeness (QED) is 0.791. The van der Waals surface area contributed by atoms with Crippen molar-refractivity contribution >= 4 is 0 Å². The molecular weight excluding hydrogens is 196 g/mol. The van der Waals surface area contributed by atoms with Gasteiger partial charge in [-0.1, -0.05) is 46.8 Å². The molecule has 1 aromatic rings. The molecule has 16 heavy (non-hydrogen) atoms. The maximum atomic E-state index is 9.31. The minimum atomic E-state index is 0.340. The summed E-state index contributed by atoms with van der Waals surface area (Å²) in [5.74, 6) is 1.55. The first kappa shape index (κ1) is 13.1. The molecule has 0 radical (unpaired) electrons. The Balaban J connectivity index is 2.90. The molecule has 1 nitrogen and oxygen atoms in total. The van der Waals surface area contributed by atoms with Gasteiger partial charge in [0.1, 0.15) is 5.75 Å². The van der Waals surface area contributed by atoms with Gasteiger partial charge in [-0.15, -0.1) is 0 Å². The van der Waals surface area contributed by atoms with Crippen molar-refractivity contribution in [2.75, 3.05) is 0 Å². The van der Waals surface area contributed by atoms with Gasteiger partial charge in [0.25, 0.3) is 0 Å². The second-order valence-corrected chi connectivity index (χ2v) is 6.21. The van der Waals surface area contributed by atoms with Crippen molar-refractivity contribution in [3.63, 3.8) is 0 Å². The van der Waals surface area contributed by atoms with Gasteiger partial charge in [0.2, 0.25) is 0 Å². The van der Waals surface area contributed by atoms with Crippen LogP contribution in [-0.4, -0.2) is 5.11 Å². The first-order chi connectivity index (χ1) is 7.29. The molecule has 0 bridgehead atoms. The van der Waals surface area contributed by atoms with Crippen LogP contribution in [0.4, 0.5) is 0 Å². The second-order valence-electron chi connectivity index (χ2n) is 6.21. The van der Waals surface area contributed by atoms with E-state index in [2.05, 4.69) is 34.6 Å². The zero-order valence-electron chi connectivity index (χ0n) is 11.1. The lowest BCUT2D eigenvalue weighted by molar-refractivity contribution is 0.301. The Bertz CT molecular complexity index is 316. The lowest BCUT2D eigenvalue weighted by atomic mass is 9.76. The predicted octanol–water partition coefficient (Wildman–Crippen LogP) is 4.57. The summed E-state index contributed by atoms with van der Waals surface area (Å²) in [6.45, 7) is 11.4. The van der Waals surface area contributed by atoms with Crippen LogP contribution >= 0.6 is 0 Å².